The molecule has 0 aliphatic rings. The number of hydrazine groups is 1. The second-order valence-electron chi connectivity index (χ2n) is 9.63. The van der Waals surface area contributed by atoms with Crippen LogP contribution in [0.3, 0.4) is 0 Å². The summed E-state index contributed by atoms with van der Waals surface area (Å²) in [6.07, 6.45) is 1.39. The maximum atomic E-state index is 13.4. The summed E-state index contributed by atoms with van der Waals surface area (Å²) in [5.74, 6) is -1.74. The fraction of sp³-hybridized carbons (Fsp3) is 0.379. The molecule has 0 aliphatic carbocycles. The SMILES string of the molecule is C=C(C)C(=O)OCCN(CCOC(=O)C(=C)C)S(=O)(=O)c1ccc(NNc2c(C)c(C#N)c(O)n(CCCC)c2=O)cc1. The maximum absolute atomic E-state index is 13.4. The average Bonchev–Trinajstić information content (AvgIpc) is 2.96. The van der Waals surface area contributed by atoms with Crippen LogP contribution in [0.25, 0.3) is 0 Å². The van der Waals surface area contributed by atoms with Gasteiger partial charge in [-0.2, -0.15) is 9.57 Å². The minimum atomic E-state index is -4.12. The van der Waals surface area contributed by atoms with Gasteiger partial charge in [-0.15, -0.1) is 0 Å². The first-order chi connectivity index (χ1) is 20.3. The van der Waals surface area contributed by atoms with Gasteiger partial charge in [-0.25, -0.2) is 18.0 Å². The Morgan fingerprint density at radius 2 is 1.58 bits per heavy atom. The Balaban J connectivity index is 2.26. The van der Waals surface area contributed by atoms with E-state index in [2.05, 4.69) is 24.0 Å². The van der Waals surface area contributed by atoms with E-state index in [-0.39, 0.29) is 65.7 Å². The van der Waals surface area contributed by atoms with Crippen molar-refractivity contribution in [2.24, 2.45) is 0 Å². The number of unbranched alkanes of at least 4 members (excludes halogenated alkanes) is 1. The highest BCUT2D eigenvalue weighted by atomic mass is 32.2. The standard InChI is InChI=1S/C29H37N5O8S/c1-7-8-13-34-26(35)24(18-30)21(6)25(27(34)36)32-31-22-9-11-23(12-10-22)43(39,40)33(14-16-41-28(37)19(2)3)15-17-42-29(38)20(4)5/h9-12,31-32,35H,2,4,7-8,13-17H2,1,3,5-6H3. The third-order valence-corrected chi connectivity index (χ3v) is 8.12. The minimum Gasteiger partial charge on any atom is -0.493 e. The van der Waals surface area contributed by atoms with Gasteiger partial charge in [-0.3, -0.25) is 14.8 Å². The molecule has 0 atom stereocenters. The molecule has 0 saturated carbocycles. The Kier molecular flexibility index (Phi) is 12.5. The molecule has 0 spiro atoms. The van der Waals surface area contributed by atoms with Crippen molar-refractivity contribution in [1.29, 1.82) is 5.26 Å². The van der Waals surface area contributed by atoms with E-state index in [9.17, 15) is 33.2 Å². The summed E-state index contributed by atoms with van der Waals surface area (Å²) < 4.78 is 39.1. The van der Waals surface area contributed by atoms with Gasteiger partial charge in [0.2, 0.25) is 15.9 Å². The van der Waals surface area contributed by atoms with Crippen molar-refractivity contribution in [2.45, 2.75) is 52.0 Å². The molecule has 0 fully saturated rings. The molecule has 0 amide bonds. The van der Waals surface area contributed by atoms with Gasteiger partial charge >= 0.3 is 11.9 Å². The Morgan fingerprint density at radius 1 is 1.05 bits per heavy atom. The number of carbonyl (C=O) groups excluding carboxylic acids is 2. The lowest BCUT2D eigenvalue weighted by molar-refractivity contribution is -0.139. The fourth-order valence-electron chi connectivity index (χ4n) is 3.70. The van der Waals surface area contributed by atoms with E-state index < -0.39 is 33.4 Å². The molecule has 2 rings (SSSR count). The number of benzene rings is 1. The topological polar surface area (TPSA) is 180 Å². The molecule has 0 bridgehead atoms. The van der Waals surface area contributed by atoms with Crippen LogP contribution in [0.15, 0.2) is 58.3 Å². The van der Waals surface area contributed by atoms with Crippen LogP contribution < -0.4 is 16.4 Å². The third-order valence-electron chi connectivity index (χ3n) is 6.20. The molecule has 0 aliphatic heterocycles. The highest BCUT2D eigenvalue weighted by Gasteiger charge is 2.25. The number of aromatic hydroxyl groups is 1. The van der Waals surface area contributed by atoms with E-state index in [4.69, 9.17) is 9.47 Å². The van der Waals surface area contributed by atoms with Gasteiger partial charge in [0.15, 0.2) is 0 Å². The van der Waals surface area contributed by atoms with Crippen LogP contribution in [0, 0.1) is 18.3 Å². The van der Waals surface area contributed by atoms with E-state index >= 15 is 0 Å². The number of anilines is 2. The van der Waals surface area contributed by atoms with E-state index in [1.807, 2.05) is 13.0 Å². The van der Waals surface area contributed by atoms with Crippen molar-refractivity contribution in [1.82, 2.24) is 8.87 Å². The first kappa shape index (κ1) is 34.6. The monoisotopic (exact) mass is 615 g/mol. The van der Waals surface area contributed by atoms with Crippen molar-refractivity contribution >= 4 is 33.3 Å². The van der Waals surface area contributed by atoms with Crippen LogP contribution >= 0.6 is 0 Å². The number of nitriles is 1. The fourth-order valence-corrected chi connectivity index (χ4v) is 5.10. The Morgan fingerprint density at radius 3 is 2.05 bits per heavy atom. The van der Waals surface area contributed by atoms with Gasteiger partial charge in [0.25, 0.3) is 5.56 Å². The average molecular weight is 616 g/mol. The van der Waals surface area contributed by atoms with Gasteiger partial charge in [-0.05, 0) is 51.5 Å². The number of ether oxygens (including phenoxy) is 2. The number of pyridine rings is 1. The van der Waals surface area contributed by atoms with E-state index in [0.29, 0.717) is 12.1 Å². The number of hydrogen-bond acceptors (Lipinski definition) is 11. The number of sulfonamides is 1. The number of carbonyl (C=O) groups is 2. The zero-order chi connectivity index (χ0) is 32.3. The van der Waals surface area contributed by atoms with Crippen LogP contribution in [0.4, 0.5) is 11.4 Å². The molecule has 232 valence electrons. The Bertz CT molecular complexity index is 1540. The molecule has 0 saturated heterocycles. The molecular formula is C29H37N5O8S. The van der Waals surface area contributed by atoms with Gasteiger partial charge < -0.3 is 20.0 Å². The number of nitrogens with one attached hydrogen (secondary N) is 2. The normalized spacial score (nSPS) is 11.0. The largest absolute Gasteiger partial charge is 0.493 e. The number of hydrogen-bond donors (Lipinski definition) is 3. The molecule has 2 aromatic rings. The second-order valence-corrected chi connectivity index (χ2v) is 11.6. The second kappa shape index (κ2) is 15.6. The summed E-state index contributed by atoms with van der Waals surface area (Å²) in [5.41, 5.74) is 6.06. The predicted molar refractivity (Wildman–Crippen MR) is 161 cm³/mol. The van der Waals surface area contributed by atoms with Crippen molar-refractivity contribution in [3.8, 4) is 11.9 Å². The molecule has 43 heavy (non-hydrogen) atoms. The third kappa shape index (κ3) is 8.94. The summed E-state index contributed by atoms with van der Waals surface area (Å²) in [6.45, 7) is 12.7. The molecule has 1 heterocycles. The van der Waals surface area contributed by atoms with E-state index in [1.54, 1.807) is 0 Å². The van der Waals surface area contributed by atoms with Gasteiger partial charge in [0.05, 0.1) is 10.6 Å². The number of aromatic nitrogens is 1. The maximum Gasteiger partial charge on any atom is 0.333 e. The van der Waals surface area contributed by atoms with Crippen molar-refractivity contribution in [3.63, 3.8) is 0 Å². The highest BCUT2D eigenvalue weighted by Crippen LogP contribution is 2.25. The number of nitrogens with zero attached hydrogens (tertiary/aromatic N) is 3. The van der Waals surface area contributed by atoms with Crippen molar-refractivity contribution in [2.75, 3.05) is 37.2 Å². The van der Waals surface area contributed by atoms with E-state index in [0.717, 1.165) is 15.3 Å². The van der Waals surface area contributed by atoms with Gasteiger partial charge in [-0.1, -0.05) is 26.5 Å². The molecule has 1 aromatic carbocycles. The number of esters is 2. The molecule has 0 radical (unpaired) electrons. The van der Waals surface area contributed by atoms with Gasteiger partial charge in [0, 0.05) is 36.3 Å². The molecule has 14 heteroatoms. The quantitative estimate of drug-likeness (QED) is 0.143. The smallest absolute Gasteiger partial charge is 0.333 e. The van der Waals surface area contributed by atoms with Crippen LogP contribution in [0.2, 0.25) is 0 Å². The van der Waals surface area contributed by atoms with Gasteiger partial charge in [0.1, 0.15) is 30.5 Å². The summed E-state index contributed by atoms with van der Waals surface area (Å²) >= 11 is 0. The summed E-state index contributed by atoms with van der Waals surface area (Å²) in [4.78, 5) is 36.4. The zero-order valence-corrected chi connectivity index (χ0v) is 25.5. The Hall–Kier alpha value is -4.61. The van der Waals surface area contributed by atoms with Crippen LogP contribution in [0.1, 0.15) is 44.7 Å². The Labute approximate surface area is 251 Å². The minimum absolute atomic E-state index is 0.0376. The summed E-state index contributed by atoms with van der Waals surface area (Å²) in [7, 11) is -4.12. The van der Waals surface area contributed by atoms with Crippen LogP contribution in [0.5, 0.6) is 5.88 Å². The van der Waals surface area contributed by atoms with E-state index in [1.165, 1.54) is 45.0 Å². The molecule has 3 N–H and O–H groups in total. The van der Waals surface area contributed by atoms with Crippen LogP contribution in [-0.4, -0.2) is 60.6 Å². The highest BCUT2D eigenvalue weighted by molar-refractivity contribution is 7.89. The molecular weight excluding hydrogens is 578 g/mol. The zero-order valence-electron chi connectivity index (χ0n) is 24.7. The summed E-state index contributed by atoms with van der Waals surface area (Å²) in [5, 5.41) is 19.9. The molecule has 13 nitrogen and oxygen atoms in total. The van der Waals surface area contributed by atoms with Crippen molar-refractivity contribution < 1.29 is 32.6 Å². The molecule has 1 aromatic heterocycles. The van der Waals surface area contributed by atoms with Crippen LogP contribution in [-0.2, 0) is 35.6 Å². The first-order valence-electron chi connectivity index (χ1n) is 13.4. The first-order valence-corrected chi connectivity index (χ1v) is 14.8. The summed E-state index contributed by atoms with van der Waals surface area (Å²) in [6, 6.07) is 7.49. The molecule has 0 unspecified atom stereocenters. The van der Waals surface area contributed by atoms with Crippen molar-refractivity contribution in [3.05, 3.63) is 70.1 Å². The lowest BCUT2D eigenvalue weighted by Gasteiger charge is -2.22. The lowest BCUT2D eigenvalue weighted by atomic mass is 10.1. The lowest BCUT2D eigenvalue weighted by Crippen LogP contribution is -2.37. The predicted octanol–water partition coefficient (Wildman–Crippen LogP) is 3.20. The number of rotatable bonds is 16.